The normalized spacial score (nSPS) is 10.8. The van der Waals surface area contributed by atoms with Gasteiger partial charge in [0, 0.05) is 11.4 Å². The van der Waals surface area contributed by atoms with Gasteiger partial charge in [0.2, 0.25) is 0 Å². The van der Waals surface area contributed by atoms with E-state index in [1.165, 1.54) is 4.88 Å². The molecule has 1 aromatic heterocycles. The molecule has 138 valence electrons. The monoisotopic (exact) mass is 539 g/mol. The minimum absolute atomic E-state index is 0. The molecule has 25 heavy (non-hydrogen) atoms. The van der Waals surface area contributed by atoms with Gasteiger partial charge in [-0.15, -0.1) is 35.3 Å². The van der Waals surface area contributed by atoms with E-state index in [9.17, 15) is 0 Å². The van der Waals surface area contributed by atoms with E-state index in [1.54, 1.807) is 25.6 Å². The number of hydrogen-bond acceptors (Lipinski definition) is 4. The summed E-state index contributed by atoms with van der Waals surface area (Å²) in [6.45, 7) is 4.17. The van der Waals surface area contributed by atoms with Crippen LogP contribution in [0.5, 0.6) is 11.5 Å². The van der Waals surface area contributed by atoms with Crippen molar-refractivity contribution in [1.82, 2.24) is 10.6 Å². The number of benzene rings is 1. The molecule has 0 atom stereocenters. The van der Waals surface area contributed by atoms with E-state index in [2.05, 4.69) is 50.6 Å². The quantitative estimate of drug-likeness (QED) is 0.311. The molecule has 0 saturated heterocycles. The molecule has 1 aromatic carbocycles. The number of nitrogens with zero attached hydrogens (tertiary/aromatic N) is 1. The Morgan fingerprint density at radius 1 is 1.12 bits per heavy atom. The van der Waals surface area contributed by atoms with Crippen molar-refractivity contribution in [2.45, 2.75) is 20.0 Å². The van der Waals surface area contributed by atoms with Crippen molar-refractivity contribution in [3.8, 4) is 11.5 Å². The Balaban J connectivity index is 0.00000312. The van der Waals surface area contributed by atoms with Crippen LogP contribution in [0.1, 0.15) is 17.4 Å². The van der Waals surface area contributed by atoms with Crippen LogP contribution >= 0.6 is 51.2 Å². The molecule has 1 heterocycles. The standard InChI is InChI=1S/C17H22BrN3O2S.HI/c1-4-19-17(21-11-13-6-8-16(18)24-13)20-10-12-5-7-14(22-2)15(9-12)23-3;/h5-9H,4,10-11H2,1-3H3,(H2,19,20,21);1H. The van der Waals surface area contributed by atoms with Gasteiger partial charge in [-0.25, -0.2) is 4.99 Å². The maximum Gasteiger partial charge on any atom is 0.191 e. The van der Waals surface area contributed by atoms with Crippen LogP contribution in [0.2, 0.25) is 0 Å². The highest BCUT2D eigenvalue weighted by Gasteiger charge is 2.05. The molecule has 2 aromatic rings. The van der Waals surface area contributed by atoms with Gasteiger partial charge < -0.3 is 20.1 Å². The molecule has 5 nitrogen and oxygen atoms in total. The van der Waals surface area contributed by atoms with Gasteiger partial charge in [-0.3, -0.25) is 0 Å². The SMILES string of the molecule is CCNC(=NCc1ccc(OC)c(OC)c1)NCc1ccc(Br)s1.I. The number of hydrogen-bond donors (Lipinski definition) is 2. The molecule has 0 aliphatic rings. The van der Waals surface area contributed by atoms with Crippen LogP contribution in [0.3, 0.4) is 0 Å². The largest absolute Gasteiger partial charge is 0.493 e. The van der Waals surface area contributed by atoms with Crippen molar-refractivity contribution in [2.75, 3.05) is 20.8 Å². The molecule has 0 radical (unpaired) electrons. The summed E-state index contributed by atoms with van der Waals surface area (Å²) in [5.74, 6) is 2.22. The molecule has 0 aliphatic carbocycles. The zero-order valence-electron chi connectivity index (χ0n) is 14.5. The van der Waals surface area contributed by atoms with E-state index >= 15 is 0 Å². The smallest absolute Gasteiger partial charge is 0.191 e. The molecule has 2 rings (SSSR count). The zero-order valence-corrected chi connectivity index (χ0v) is 19.2. The van der Waals surface area contributed by atoms with Gasteiger partial charge in [-0.05, 0) is 52.7 Å². The summed E-state index contributed by atoms with van der Waals surface area (Å²) in [6, 6.07) is 9.98. The molecule has 0 unspecified atom stereocenters. The molecule has 0 fully saturated rings. The second-order valence-electron chi connectivity index (χ2n) is 4.94. The minimum Gasteiger partial charge on any atom is -0.493 e. The number of ether oxygens (including phenoxy) is 2. The van der Waals surface area contributed by atoms with Crippen molar-refractivity contribution in [3.05, 3.63) is 44.6 Å². The molecule has 0 saturated carbocycles. The predicted molar refractivity (Wildman–Crippen MR) is 119 cm³/mol. The second-order valence-corrected chi connectivity index (χ2v) is 7.49. The first kappa shape index (κ1) is 22.0. The molecule has 2 N–H and O–H groups in total. The van der Waals surface area contributed by atoms with E-state index in [1.807, 2.05) is 18.2 Å². The molecule has 0 amide bonds. The van der Waals surface area contributed by atoms with E-state index < -0.39 is 0 Å². The summed E-state index contributed by atoms with van der Waals surface area (Å²) >= 11 is 5.19. The van der Waals surface area contributed by atoms with Crippen LogP contribution in [-0.2, 0) is 13.1 Å². The fourth-order valence-corrected chi connectivity index (χ4v) is 3.53. The maximum absolute atomic E-state index is 5.33. The fraction of sp³-hybridized carbons (Fsp3) is 0.353. The summed E-state index contributed by atoms with van der Waals surface area (Å²) in [7, 11) is 3.27. The van der Waals surface area contributed by atoms with Crippen LogP contribution in [0, 0.1) is 0 Å². The first-order valence-corrected chi connectivity index (χ1v) is 9.24. The maximum atomic E-state index is 5.33. The van der Waals surface area contributed by atoms with Crippen LogP contribution in [0.25, 0.3) is 0 Å². The van der Waals surface area contributed by atoms with Gasteiger partial charge >= 0.3 is 0 Å². The third-order valence-electron chi connectivity index (χ3n) is 3.27. The first-order chi connectivity index (χ1) is 11.7. The molecular weight excluding hydrogens is 517 g/mol. The van der Waals surface area contributed by atoms with E-state index in [0.717, 1.165) is 34.1 Å². The highest BCUT2D eigenvalue weighted by molar-refractivity contribution is 14.0. The second kappa shape index (κ2) is 11.6. The lowest BCUT2D eigenvalue weighted by atomic mass is 10.2. The molecule has 8 heteroatoms. The van der Waals surface area contributed by atoms with Gasteiger partial charge in [0.05, 0.1) is 31.1 Å². The van der Waals surface area contributed by atoms with Gasteiger partial charge in [0.1, 0.15) is 0 Å². The Labute approximate surface area is 178 Å². The van der Waals surface area contributed by atoms with Crippen molar-refractivity contribution >= 4 is 57.2 Å². The number of nitrogens with one attached hydrogen (secondary N) is 2. The van der Waals surface area contributed by atoms with Crippen molar-refractivity contribution in [2.24, 2.45) is 4.99 Å². The Hall–Kier alpha value is -1.000. The predicted octanol–water partition coefficient (Wildman–Crippen LogP) is 4.40. The number of aliphatic imine (C=N–C) groups is 1. The fourth-order valence-electron chi connectivity index (χ4n) is 2.11. The van der Waals surface area contributed by atoms with Gasteiger partial charge in [-0.1, -0.05) is 6.07 Å². The topological polar surface area (TPSA) is 54.9 Å². The molecule has 0 spiro atoms. The summed E-state index contributed by atoms with van der Waals surface area (Å²) < 4.78 is 11.7. The average molecular weight is 540 g/mol. The lowest BCUT2D eigenvalue weighted by Crippen LogP contribution is -2.36. The molecular formula is C17H23BrIN3O2S. The van der Waals surface area contributed by atoms with E-state index in [-0.39, 0.29) is 24.0 Å². The first-order valence-electron chi connectivity index (χ1n) is 7.63. The van der Waals surface area contributed by atoms with Crippen LogP contribution in [0.15, 0.2) is 39.1 Å². The number of thiophene rings is 1. The van der Waals surface area contributed by atoms with E-state index in [0.29, 0.717) is 12.3 Å². The number of rotatable bonds is 7. The minimum atomic E-state index is 0. The van der Waals surface area contributed by atoms with Gasteiger partial charge in [0.25, 0.3) is 0 Å². The number of guanidine groups is 1. The summed E-state index contributed by atoms with van der Waals surface area (Å²) in [5.41, 5.74) is 1.06. The Morgan fingerprint density at radius 2 is 1.88 bits per heavy atom. The summed E-state index contributed by atoms with van der Waals surface area (Å²) in [4.78, 5) is 5.88. The van der Waals surface area contributed by atoms with Crippen LogP contribution < -0.4 is 20.1 Å². The lowest BCUT2D eigenvalue weighted by Gasteiger charge is -2.11. The van der Waals surface area contributed by atoms with Crippen molar-refractivity contribution in [1.29, 1.82) is 0 Å². The molecule has 0 bridgehead atoms. The summed E-state index contributed by atoms with van der Waals surface area (Å²) in [5, 5.41) is 6.60. The Bertz CT molecular complexity index is 694. The van der Waals surface area contributed by atoms with Crippen molar-refractivity contribution in [3.63, 3.8) is 0 Å². The third kappa shape index (κ3) is 7.02. The van der Waals surface area contributed by atoms with Crippen LogP contribution in [0.4, 0.5) is 0 Å². The van der Waals surface area contributed by atoms with Crippen molar-refractivity contribution < 1.29 is 9.47 Å². The number of halogens is 2. The highest BCUT2D eigenvalue weighted by atomic mass is 127. The zero-order chi connectivity index (χ0) is 17.4. The Kier molecular flexibility index (Phi) is 10.2. The van der Waals surface area contributed by atoms with Crippen LogP contribution in [-0.4, -0.2) is 26.7 Å². The highest BCUT2D eigenvalue weighted by Crippen LogP contribution is 2.27. The summed E-state index contributed by atoms with van der Waals surface area (Å²) in [6.07, 6.45) is 0. The molecule has 0 aliphatic heterocycles. The average Bonchev–Trinajstić information content (AvgIpc) is 3.02. The number of methoxy groups -OCH3 is 2. The third-order valence-corrected chi connectivity index (χ3v) is 4.89. The Morgan fingerprint density at radius 3 is 2.48 bits per heavy atom. The van der Waals surface area contributed by atoms with E-state index in [4.69, 9.17) is 9.47 Å². The van der Waals surface area contributed by atoms with Gasteiger partial charge in [0.15, 0.2) is 17.5 Å². The lowest BCUT2D eigenvalue weighted by molar-refractivity contribution is 0.354. The van der Waals surface area contributed by atoms with Gasteiger partial charge in [-0.2, -0.15) is 0 Å².